The molecule has 0 unspecified atom stereocenters. The van der Waals surface area contributed by atoms with Crippen molar-refractivity contribution in [3.63, 3.8) is 0 Å². The van der Waals surface area contributed by atoms with E-state index in [4.69, 9.17) is 10.7 Å². The third-order valence-electron chi connectivity index (χ3n) is 2.14. The molecule has 0 fully saturated rings. The zero-order chi connectivity index (χ0) is 15.6. The van der Waals surface area contributed by atoms with E-state index in [1.165, 1.54) is 12.1 Å². The molecule has 11 heteroatoms. The predicted octanol–water partition coefficient (Wildman–Crippen LogP) is 1.66. The quantitative estimate of drug-likeness (QED) is 0.328. The minimum atomic E-state index is -3.67. The number of benzene rings is 1. The molecule has 0 aliphatic heterocycles. The van der Waals surface area contributed by atoms with Gasteiger partial charge >= 0.3 is 0 Å². The Labute approximate surface area is 124 Å². The topological polar surface area (TPSA) is 111 Å². The summed E-state index contributed by atoms with van der Waals surface area (Å²) < 4.78 is 44.2. The van der Waals surface area contributed by atoms with E-state index in [9.17, 15) is 26.9 Å². The smallest absolute Gasteiger partial charge is 0.258 e. The lowest BCUT2D eigenvalue weighted by Gasteiger charge is -2.04. The molecule has 7 nitrogen and oxygen atoms in total. The van der Waals surface area contributed by atoms with Gasteiger partial charge in [-0.2, -0.15) is 0 Å². The Morgan fingerprint density at radius 1 is 1.30 bits per heavy atom. The van der Waals surface area contributed by atoms with Gasteiger partial charge in [-0.05, 0) is 12.1 Å². The van der Waals surface area contributed by atoms with Gasteiger partial charge in [-0.3, -0.25) is 10.1 Å². The molecule has 0 radical (unpaired) electrons. The van der Waals surface area contributed by atoms with Gasteiger partial charge in [-0.25, -0.2) is 16.8 Å². The molecular weight excluding hydrogens is 350 g/mol. The molecule has 0 heterocycles. The van der Waals surface area contributed by atoms with Crippen molar-refractivity contribution in [1.82, 2.24) is 0 Å². The van der Waals surface area contributed by atoms with Crippen LogP contribution in [0.1, 0.15) is 0 Å². The molecule has 0 spiro atoms. The van der Waals surface area contributed by atoms with E-state index in [1.54, 1.807) is 0 Å². The Balaban J connectivity index is 3.06. The minimum Gasteiger partial charge on any atom is -0.258 e. The second-order valence-electron chi connectivity index (χ2n) is 3.75. The van der Waals surface area contributed by atoms with E-state index in [0.717, 1.165) is 24.1 Å². The highest BCUT2D eigenvalue weighted by atomic mass is 35.7. The molecule has 20 heavy (non-hydrogen) atoms. The van der Waals surface area contributed by atoms with E-state index in [0.29, 0.717) is 0 Å². The second kappa shape index (κ2) is 6.29. The lowest BCUT2D eigenvalue weighted by molar-refractivity contribution is -0.388. The predicted molar refractivity (Wildman–Crippen MR) is 76.6 cm³/mol. The third-order valence-corrected chi connectivity index (χ3v) is 5.73. The number of halogens is 1. The van der Waals surface area contributed by atoms with Gasteiger partial charge < -0.3 is 0 Å². The van der Waals surface area contributed by atoms with E-state index >= 15 is 0 Å². The largest absolute Gasteiger partial charge is 0.284 e. The van der Waals surface area contributed by atoms with Gasteiger partial charge in [0, 0.05) is 28.8 Å². The molecule has 0 saturated carbocycles. The van der Waals surface area contributed by atoms with Crippen molar-refractivity contribution >= 4 is 47.0 Å². The fraction of sp³-hybridized carbons (Fsp3) is 0.333. The van der Waals surface area contributed by atoms with Gasteiger partial charge in [0.2, 0.25) is 9.05 Å². The molecule has 0 N–H and O–H groups in total. The highest BCUT2D eigenvalue weighted by Crippen LogP contribution is 2.31. The summed E-state index contributed by atoms with van der Waals surface area (Å²) in [5.74, 6) is -0.310. The van der Waals surface area contributed by atoms with Crippen LogP contribution in [0.3, 0.4) is 0 Å². The lowest BCUT2D eigenvalue weighted by Crippen LogP contribution is -2.02. The van der Waals surface area contributed by atoms with Gasteiger partial charge in [0.15, 0.2) is 9.84 Å². The second-order valence-corrected chi connectivity index (χ2v) is 9.80. The number of hydrogen-bond donors (Lipinski definition) is 0. The van der Waals surface area contributed by atoms with Crippen LogP contribution in [-0.2, 0) is 18.9 Å². The number of hydrogen-bond acceptors (Lipinski definition) is 7. The molecule has 0 aromatic heterocycles. The molecule has 0 atom stereocenters. The molecule has 0 bridgehead atoms. The first-order valence-corrected chi connectivity index (χ1v) is 10.4. The first-order valence-electron chi connectivity index (χ1n) is 5.04. The summed E-state index contributed by atoms with van der Waals surface area (Å²) in [6.45, 7) is 0. The molecular formula is C9H10ClNO6S3. The molecule has 0 saturated heterocycles. The van der Waals surface area contributed by atoms with Gasteiger partial charge in [-0.15, -0.1) is 11.8 Å². The highest BCUT2D eigenvalue weighted by Gasteiger charge is 2.19. The fourth-order valence-corrected chi connectivity index (χ4v) is 4.25. The van der Waals surface area contributed by atoms with Crippen LogP contribution in [-0.4, -0.2) is 39.5 Å². The molecule has 1 aromatic carbocycles. The summed E-state index contributed by atoms with van der Waals surface area (Å²) in [6, 6.07) is 3.47. The van der Waals surface area contributed by atoms with Crippen molar-refractivity contribution in [3.05, 3.63) is 28.3 Å². The maximum atomic E-state index is 11.3. The fourth-order valence-electron chi connectivity index (χ4n) is 1.24. The number of nitro benzene ring substituents is 1. The van der Waals surface area contributed by atoms with E-state index in [-0.39, 0.29) is 27.0 Å². The summed E-state index contributed by atoms with van der Waals surface area (Å²) in [4.78, 5) is 10.2. The average molecular weight is 360 g/mol. The van der Waals surface area contributed by atoms with Crippen LogP contribution in [0, 0.1) is 10.1 Å². The number of rotatable bonds is 6. The first kappa shape index (κ1) is 17.2. The minimum absolute atomic E-state index is 0.0326. The summed E-state index contributed by atoms with van der Waals surface area (Å²) in [6.07, 6.45) is 0.943. The highest BCUT2D eigenvalue weighted by molar-refractivity contribution is 8.14. The third kappa shape index (κ3) is 5.27. The van der Waals surface area contributed by atoms with E-state index < -0.39 is 23.8 Å². The average Bonchev–Trinajstić information content (AvgIpc) is 2.25. The van der Waals surface area contributed by atoms with Crippen LogP contribution < -0.4 is 0 Å². The Morgan fingerprint density at radius 2 is 1.90 bits per heavy atom. The number of sulfone groups is 1. The van der Waals surface area contributed by atoms with Crippen molar-refractivity contribution in [1.29, 1.82) is 0 Å². The summed E-state index contributed by atoms with van der Waals surface area (Å²) in [5, 5.41) is 10.9. The van der Waals surface area contributed by atoms with Gasteiger partial charge in [-0.1, -0.05) is 0 Å². The van der Waals surface area contributed by atoms with Gasteiger partial charge in [0.05, 0.1) is 20.5 Å². The number of thioether (sulfide) groups is 1. The number of nitro groups is 1. The van der Waals surface area contributed by atoms with E-state index in [2.05, 4.69) is 0 Å². The zero-order valence-electron chi connectivity index (χ0n) is 10.1. The summed E-state index contributed by atoms with van der Waals surface area (Å²) in [5.41, 5.74) is -0.384. The summed E-state index contributed by atoms with van der Waals surface area (Å²) >= 11 is 0.921. The zero-order valence-corrected chi connectivity index (χ0v) is 13.4. The van der Waals surface area contributed by atoms with Crippen molar-refractivity contribution in [2.45, 2.75) is 9.79 Å². The van der Waals surface area contributed by atoms with Crippen LogP contribution in [0.15, 0.2) is 28.0 Å². The maximum absolute atomic E-state index is 11.3. The molecule has 0 amide bonds. The van der Waals surface area contributed by atoms with Crippen LogP contribution in [0.2, 0.25) is 0 Å². The van der Waals surface area contributed by atoms with Crippen LogP contribution in [0.5, 0.6) is 0 Å². The van der Waals surface area contributed by atoms with Crippen LogP contribution >= 0.6 is 22.4 Å². The van der Waals surface area contributed by atoms with Crippen molar-refractivity contribution in [2.24, 2.45) is 0 Å². The monoisotopic (exact) mass is 359 g/mol. The Kier molecular flexibility index (Phi) is 5.41. The Hall–Kier alpha value is -0.840. The maximum Gasteiger partial charge on any atom is 0.284 e. The van der Waals surface area contributed by atoms with Crippen molar-refractivity contribution in [3.8, 4) is 0 Å². The molecule has 1 aromatic rings. The molecule has 0 aliphatic carbocycles. The number of nitrogens with zero attached hydrogens (tertiary/aromatic N) is 1. The van der Waals surface area contributed by atoms with Gasteiger partial charge in [0.1, 0.15) is 0 Å². The van der Waals surface area contributed by atoms with E-state index in [1.807, 2.05) is 0 Å². The first-order chi connectivity index (χ1) is 9.00. The molecule has 0 aliphatic rings. The SMILES string of the molecule is CS(=O)(=O)c1ccc(SCCS(=O)(=O)Cl)c([N+](=O)[O-])c1. The van der Waals surface area contributed by atoms with Crippen LogP contribution in [0.25, 0.3) is 0 Å². The molecule has 112 valence electrons. The van der Waals surface area contributed by atoms with Crippen molar-refractivity contribution < 1.29 is 21.8 Å². The van der Waals surface area contributed by atoms with Crippen molar-refractivity contribution in [2.75, 3.05) is 17.8 Å². The summed E-state index contributed by atoms with van der Waals surface area (Å²) in [7, 11) is -2.19. The lowest BCUT2D eigenvalue weighted by atomic mass is 10.3. The van der Waals surface area contributed by atoms with Crippen LogP contribution in [0.4, 0.5) is 5.69 Å². The normalized spacial score (nSPS) is 12.3. The van der Waals surface area contributed by atoms with Gasteiger partial charge in [0.25, 0.3) is 5.69 Å². The molecule has 1 rings (SSSR count). The Morgan fingerprint density at radius 3 is 2.35 bits per heavy atom. The standard InChI is InChI=1S/C9H10ClNO6S3/c1-19(14,15)7-2-3-9(8(6-7)11(12)13)18-4-5-20(10,16)17/h2-3,6H,4-5H2,1H3. The Bertz CT molecular complexity index is 728.